The van der Waals surface area contributed by atoms with Crippen LogP contribution >= 0.6 is 11.3 Å². The van der Waals surface area contributed by atoms with Crippen molar-refractivity contribution in [1.82, 2.24) is 4.98 Å². The number of aryl methyl sites for hydroxylation is 1. The third-order valence-electron chi connectivity index (χ3n) is 4.72. The Morgan fingerprint density at radius 3 is 2.76 bits per heavy atom. The normalized spacial score (nSPS) is 18.2. The van der Waals surface area contributed by atoms with Crippen LogP contribution in [0, 0.1) is 6.92 Å². The monoisotopic (exact) mass is 353 g/mol. The van der Waals surface area contributed by atoms with E-state index in [1.54, 1.807) is 11.3 Å². The topological polar surface area (TPSA) is 22.1 Å². The third kappa shape index (κ3) is 3.87. The molecule has 0 amide bonds. The maximum Gasteiger partial charge on any atom is 0.123 e. The average Bonchev–Trinajstić information content (AvgIpc) is 3.24. The molecule has 1 aliphatic carbocycles. The van der Waals surface area contributed by atoms with E-state index >= 15 is 0 Å². The Kier molecular flexibility index (Phi) is 5.43. The molecule has 1 aliphatic rings. The van der Waals surface area contributed by atoms with Crippen molar-refractivity contribution in [2.24, 2.45) is 0 Å². The first-order valence-corrected chi connectivity index (χ1v) is 9.90. The van der Waals surface area contributed by atoms with E-state index in [-0.39, 0.29) is 6.10 Å². The molecular weight excluding hydrogens is 326 g/mol. The van der Waals surface area contributed by atoms with E-state index in [0.29, 0.717) is 0 Å². The van der Waals surface area contributed by atoms with Crippen LogP contribution in [0.15, 0.2) is 41.6 Å². The summed E-state index contributed by atoms with van der Waals surface area (Å²) in [6, 6.07) is 6.35. The second kappa shape index (κ2) is 7.57. The van der Waals surface area contributed by atoms with Gasteiger partial charge in [-0.1, -0.05) is 6.08 Å². The number of allylic oxidation sites excluding steroid dienone is 4. The largest absolute Gasteiger partial charge is 0.491 e. The minimum absolute atomic E-state index is 0.192. The Balaban J connectivity index is 1.89. The number of nitrogens with zero attached hydrogens (tertiary/aromatic N) is 1. The van der Waals surface area contributed by atoms with E-state index in [9.17, 15) is 0 Å². The van der Waals surface area contributed by atoms with Gasteiger partial charge in [0.2, 0.25) is 0 Å². The van der Waals surface area contributed by atoms with Crippen molar-refractivity contribution in [3.63, 3.8) is 0 Å². The lowest BCUT2D eigenvalue weighted by molar-refractivity contribution is 0.241. The highest BCUT2D eigenvalue weighted by atomic mass is 32.1. The number of benzene rings is 1. The molecule has 0 bridgehead atoms. The molecule has 1 aromatic carbocycles. The van der Waals surface area contributed by atoms with Gasteiger partial charge in [-0.05, 0) is 94.4 Å². The fraction of sp³-hybridized carbons (Fsp3) is 0.409. The van der Waals surface area contributed by atoms with Crippen molar-refractivity contribution in [3.8, 4) is 16.3 Å². The standard InChI is InChI=1S/C22H27NOS/c1-6-17-8-7-9-19(17)16(5)21-13-23-22(25-21)18-10-11-20(15(4)12-18)24-14(2)3/h6,10-14H,7-9H2,1-5H3/b17-6-,19-16+. The van der Waals surface area contributed by atoms with Gasteiger partial charge < -0.3 is 4.74 Å². The molecule has 1 heterocycles. The van der Waals surface area contributed by atoms with E-state index < -0.39 is 0 Å². The minimum Gasteiger partial charge on any atom is -0.491 e. The summed E-state index contributed by atoms with van der Waals surface area (Å²) in [6.07, 6.45) is 8.17. The van der Waals surface area contributed by atoms with Gasteiger partial charge in [-0.2, -0.15) is 0 Å². The highest BCUT2D eigenvalue weighted by Crippen LogP contribution is 2.39. The lowest BCUT2D eigenvalue weighted by atomic mass is 10.0. The summed E-state index contributed by atoms with van der Waals surface area (Å²) >= 11 is 1.78. The molecule has 3 heteroatoms. The molecule has 1 fully saturated rings. The molecule has 0 radical (unpaired) electrons. The van der Waals surface area contributed by atoms with E-state index in [4.69, 9.17) is 4.74 Å². The first-order valence-electron chi connectivity index (χ1n) is 9.08. The average molecular weight is 354 g/mol. The molecule has 2 nitrogen and oxygen atoms in total. The first kappa shape index (κ1) is 17.9. The van der Waals surface area contributed by atoms with Gasteiger partial charge >= 0.3 is 0 Å². The Morgan fingerprint density at radius 2 is 2.08 bits per heavy atom. The smallest absolute Gasteiger partial charge is 0.123 e. The highest BCUT2D eigenvalue weighted by molar-refractivity contribution is 7.16. The van der Waals surface area contributed by atoms with Gasteiger partial charge in [-0.15, -0.1) is 11.3 Å². The van der Waals surface area contributed by atoms with Gasteiger partial charge in [0.25, 0.3) is 0 Å². The van der Waals surface area contributed by atoms with Crippen LogP contribution in [0.1, 0.15) is 57.4 Å². The lowest BCUT2D eigenvalue weighted by Crippen LogP contribution is -2.06. The van der Waals surface area contributed by atoms with Crippen LogP contribution < -0.4 is 4.74 Å². The fourth-order valence-electron chi connectivity index (χ4n) is 3.41. The van der Waals surface area contributed by atoms with Gasteiger partial charge in [0.1, 0.15) is 10.8 Å². The lowest BCUT2D eigenvalue weighted by Gasteiger charge is -2.12. The van der Waals surface area contributed by atoms with Crippen molar-refractivity contribution in [2.45, 2.75) is 60.0 Å². The van der Waals surface area contributed by atoms with Crippen molar-refractivity contribution in [2.75, 3.05) is 0 Å². The molecular formula is C22H27NOS. The summed E-state index contributed by atoms with van der Waals surface area (Å²) in [4.78, 5) is 5.97. The van der Waals surface area contributed by atoms with Crippen molar-refractivity contribution in [3.05, 3.63) is 52.1 Å². The molecule has 1 aromatic heterocycles. The van der Waals surface area contributed by atoms with Crippen molar-refractivity contribution < 1.29 is 4.74 Å². The molecule has 0 atom stereocenters. The first-order chi connectivity index (χ1) is 12.0. The van der Waals surface area contributed by atoms with Crippen LogP contribution in [0.4, 0.5) is 0 Å². The van der Waals surface area contributed by atoms with Crippen LogP contribution in [0.2, 0.25) is 0 Å². The second-order valence-electron chi connectivity index (χ2n) is 6.95. The SMILES string of the molecule is C/C=C1/CCC/C1=C(/C)c1cnc(-c2ccc(OC(C)C)c(C)c2)s1. The summed E-state index contributed by atoms with van der Waals surface area (Å²) < 4.78 is 5.84. The molecule has 2 aromatic rings. The van der Waals surface area contributed by atoms with E-state index in [2.05, 4.69) is 63.9 Å². The van der Waals surface area contributed by atoms with Crippen molar-refractivity contribution >= 4 is 16.9 Å². The summed E-state index contributed by atoms with van der Waals surface area (Å²) in [6.45, 7) is 10.6. The predicted octanol–water partition coefficient (Wildman–Crippen LogP) is 6.81. The van der Waals surface area contributed by atoms with E-state index in [1.165, 1.54) is 46.4 Å². The minimum atomic E-state index is 0.192. The quantitative estimate of drug-likeness (QED) is 0.602. The maximum atomic E-state index is 5.84. The maximum absolute atomic E-state index is 5.84. The summed E-state index contributed by atoms with van der Waals surface area (Å²) in [5, 5.41) is 1.08. The van der Waals surface area contributed by atoms with Crippen LogP contribution in [0.3, 0.4) is 0 Å². The molecule has 0 N–H and O–H groups in total. The number of aromatic nitrogens is 1. The Morgan fingerprint density at radius 1 is 1.28 bits per heavy atom. The zero-order chi connectivity index (χ0) is 18.0. The van der Waals surface area contributed by atoms with Crippen LogP contribution in [0.5, 0.6) is 5.75 Å². The molecule has 1 saturated carbocycles. The number of ether oxygens (including phenoxy) is 1. The number of thiazole rings is 1. The molecule has 3 rings (SSSR count). The van der Waals surface area contributed by atoms with Gasteiger partial charge in [0.05, 0.1) is 11.0 Å². The molecule has 0 spiro atoms. The Labute approximate surface area is 155 Å². The summed E-state index contributed by atoms with van der Waals surface area (Å²) in [7, 11) is 0. The van der Waals surface area contributed by atoms with Crippen LogP contribution in [-0.4, -0.2) is 11.1 Å². The summed E-state index contributed by atoms with van der Waals surface area (Å²) in [5.41, 5.74) is 6.75. The second-order valence-corrected chi connectivity index (χ2v) is 7.98. The number of hydrogen-bond donors (Lipinski definition) is 0. The van der Waals surface area contributed by atoms with E-state index in [1.807, 2.05) is 6.20 Å². The third-order valence-corrected chi connectivity index (χ3v) is 5.89. The molecule has 0 saturated heterocycles. The van der Waals surface area contributed by atoms with Gasteiger partial charge in [-0.25, -0.2) is 4.98 Å². The number of hydrogen-bond acceptors (Lipinski definition) is 3. The molecule has 0 unspecified atom stereocenters. The number of rotatable bonds is 4. The van der Waals surface area contributed by atoms with Crippen LogP contribution in [-0.2, 0) is 0 Å². The molecule has 132 valence electrons. The highest BCUT2D eigenvalue weighted by Gasteiger charge is 2.17. The zero-order valence-electron chi connectivity index (χ0n) is 15.8. The fourth-order valence-corrected chi connectivity index (χ4v) is 4.35. The predicted molar refractivity (Wildman–Crippen MR) is 108 cm³/mol. The van der Waals surface area contributed by atoms with Gasteiger partial charge in [0.15, 0.2) is 0 Å². The van der Waals surface area contributed by atoms with Gasteiger partial charge in [-0.3, -0.25) is 0 Å². The Hall–Kier alpha value is -1.87. The van der Waals surface area contributed by atoms with Gasteiger partial charge in [0, 0.05) is 11.8 Å². The molecule has 0 aliphatic heterocycles. The molecule has 25 heavy (non-hydrogen) atoms. The van der Waals surface area contributed by atoms with Crippen molar-refractivity contribution in [1.29, 1.82) is 0 Å². The Bertz CT molecular complexity index is 826. The van der Waals surface area contributed by atoms with E-state index in [0.717, 1.165) is 16.3 Å². The zero-order valence-corrected chi connectivity index (χ0v) is 16.7. The van der Waals surface area contributed by atoms with Crippen LogP contribution in [0.25, 0.3) is 16.1 Å². The summed E-state index contributed by atoms with van der Waals surface area (Å²) in [5.74, 6) is 0.956.